The van der Waals surface area contributed by atoms with Crippen molar-refractivity contribution in [1.29, 1.82) is 0 Å². The average molecular weight is 389 g/mol. The summed E-state index contributed by atoms with van der Waals surface area (Å²) in [5.74, 6) is -2.51. The van der Waals surface area contributed by atoms with Gasteiger partial charge < -0.3 is 15.5 Å². The smallest absolute Gasteiger partial charge is 0.328 e. The summed E-state index contributed by atoms with van der Waals surface area (Å²) in [6, 6.07) is 8.47. The quantitative estimate of drug-likeness (QED) is 0.649. The molecule has 0 spiro atoms. The molecular weight excluding hydrogens is 356 g/mol. The number of hydrogen-bond donors (Lipinski definition) is 3. The molecule has 1 aromatic rings. The Morgan fingerprint density at radius 3 is 2.25 bits per heavy atom. The second kappa shape index (κ2) is 11.0. The number of aliphatic carboxylic acids is 2. The Labute approximate surface area is 167 Å². The van der Waals surface area contributed by atoms with Crippen LogP contribution in [0.25, 0.3) is 0 Å². The van der Waals surface area contributed by atoms with Crippen molar-refractivity contribution in [2.45, 2.75) is 64.6 Å². The summed E-state index contributed by atoms with van der Waals surface area (Å²) in [5, 5.41) is 19.2. The van der Waals surface area contributed by atoms with Crippen LogP contribution in [-0.4, -0.2) is 52.2 Å². The van der Waals surface area contributed by atoms with Gasteiger partial charge in [-0.2, -0.15) is 0 Å². The minimum atomic E-state index is -1.26. The van der Waals surface area contributed by atoms with Gasteiger partial charge in [0.05, 0.1) is 0 Å². The predicted molar refractivity (Wildman–Crippen MR) is 109 cm³/mol. The van der Waals surface area contributed by atoms with Crippen LogP contribution >= 0.6 is 0 Å². The zero-order chi connectivity index (χ0) is 20.5. The third-order valence-electron chi connectivity index (χ3n) is 5.52. The zero-order valence-corrected chi connectivity index (χ0v) is 16.9. The molecule has 3 N–H and O–H groups in total. The fourth-order valence-electron chi connectivity index (χ4n) is 4.02. The maximum atomic E-state index is 9.55. The molecule has 6 heteroatoms. The molecule has 1 aliphatic carbocycles. The van der Waals surface area contributed by atoms with Crippen molar-refractivity contribution < 1.29 is 19.8 Å². The van der Waals surface area contributed by atoms with Gasteiger partial charge in [-0.3, -0.25) is 4.90 Å². The molecule has 1 aliphatic heterocycles. The van der Waals surface area contributed by atoms with Crippen molar-refractivity contribution >= 4 is 11.9 Å². The van der Waals surface area contributed by atoms with Crippen LogP contribution in [0.15, 0.2) is 30.4 Å². The van der Waals surface area contributed by atoms with Crippen molar-refractivity contribution in [3.05, 3.63) is 47.0 Å². The number of nitrogens with zero attached hydrogens (tertiary/aromatic N) is 1. The fraction of sp³-hybridized carbons (Fsp3) is 0.545. The molecule has 2 fully saturated rings. The largest absolute Gasteiger partial charge is 0.478 e. The molecule has 1 aromatic carbocycles. The van der Waals surface area contributed by atoms with Crippen LogP contribution in [0, 0.1) is 13.8 Å². The van der Waals surface area contributed by atoms with Crippen LogP contribution < -0.4 is 5.32 Å². The zero-order valence-electron chi connectivity index (χ0n) is 16.9. The topological polar surface area (TPSA) is 89.9 Å². The second-order valence-corrected chi connectivity index (χ2v) is 7.70. The number of carboxylic acid groups (broad SMARTS) is 2. The Balaban J connectivity index is 0.000000300. The van der Waals surface area contributed by atoms with E-state index in [0.717, 1.165) is 18.6 Å². The van der Waals surface area contributed by atoms with Gasteiger partial charge in [0.1, 0.15) is 0 Å². The molecule has 2 aliphatic rings. The maximum Gasteiger partial charge on any atom is 0.328 e. The van der Waals surface area contributed by atoms with Crippen LogP contribution in [0.2, 0.25) is 0 Å². The van der Waals surface area contributed by atoms with E-state index in [9.17, 15) is 9.59 Å². The summed E-state index contributed by atoms with van der Waals surface area (Å²) in [6.45, 7) is 7.99. The number of hydrogen-bond acceptors (Lipinski definition) is 4. The van der Waals surface area contributed by atoms with Gasteiger partial charge in [0.2, 0.25) is 0 Å². The van der Waals surface area contributed by atoms with Gasteiger partial charge in [0.25, 0.3) is 0 Å². The molecule has 1 saturated carbocycles. The number of benzene rings is 1. The number of rotatable bonds is 6. The summed E-state index contributed by atoms with van der Waals surface area (Å²) < 4.78 is 0. The van der Waals surface area contributed by atoms with E-state index in [2.05, 4.69) is 42.3 Å². The number of nitrogens with one attached hydrogen (secondary N) is 1. The summed E-state index contributed by atoms with van der Waals surface area (Å²) in [5.41, 5.74) is 4.37. The summed E-state index contributed by atoms with van der Waals surface area (Å²) >= 11 is 0. The Kier molecular flexibility index (Phi) is 8.67. The first-order valence-corrected chi connectivity index (χ1v) is 10.0. The molecule has 6 nitrogen and oxygen atoms in total. The highest BCUT2D eigenvalue weighted by molar-refractivity contribution is 5.89. The first-order chi connectivity index (χ1) is 13.4. The lowest BCUT2D eigenvalue weighted by Crippen LogP contribution is -2.42. The second-order valence-electron chi connectivity index (χ2n) is 7.70. The minimum Gasteiger partial charge on any atom is -0.478 e. The van der Waals surface area contributed by atoms with Gasteiger partial charge in [-0.15, -0.1) is 0 Å². The Hall–Kier alpha value is -2.18. The first kappa shape index (κ1) is 22.1. The van der Waals surface area contributed by atoms with Crippen LogP contribution in [-0.2, 0) is 16.1 Å². The molecule has 0 aromatic heterocycles. The van der Waals surface area contributed by atoms with Crippen molar-refractivity contribution in [2.75, 3.05) is 13.1 Å². The first-order valence-electron chi connectivity index (χ1n) is 10.0. The number of aryl methyl sites for hydroxylation is 2. The van der Waals surface area contributed by atoms with Gasteiger partial charge in [-0.05, 0) is 50.8 Å². The molecule has 0 amide bonds. The lowest BCUT2D eigenvalue weighted by atomic mass is 10.0. The fourth-order valence-corrected chi connectivity index (χ4v) is 4.02. The van der Waals surface area contributed by atoms with E-state index in [1.54, 1.807) is 0 Å². The highest BCUT2D eigenvalue weighted by Gasteiger charge is 2.30. The van der Waals surface area contributed by atoms with Crippen LogP contribution in [0.3, 0.4) is 0 Å². The Bertz CT molecular complexity index is 658. The van der Waals surface area contributed by atoms with E-state index in [1.165, 1.54) is 61.9 Å². The average Bonchev–Trinajstić information content (AvgIpc) is 3.35. The van der Waals surface area contributed by atoms with Crippen LogP contribution in [0.1, 0.15) is 48.8 Å². The van der Waals surface area contributed by atoms with Gasteiger partial charge in [-0.1, -0.05) is 36.6 Å². The molecule has 0 bridgehead atoms. The normalized spacial score (nSPS) is 19.8. The van der Waals surface area contributed by atoms with Crippen molar-refractivity contribution in [2.24, 2.45) is 0 Å². The van der Waals surface area contributed by atoms with Crippen molar-refractivity contribution in [1.82, 2.24) is 10.2 Å². The molecule has 0 radical (unpaired) electrons. The highest BCUT2D eigenvalue weighted by Crippen LogP contribution is 2.29. The SMILES string of the molecule is Cc1ccc(C)c(CN(C2CCCC2)[C@H]2CCNC2)c1.O=C(O)/C=C/C(=O)O. The monoisotopic (exact) mass is 388 g/mol. The van der Waals surface area contributed by atoms with E-state index in [1.807, 2.05) is 0 Å². The standard InChI is InChI=1S/C18H28N2.C4H4O4/c1-14-7-8-15(2)16(11-14)13-20(17-5-3-4-6-17)18-9-10-19-12-18;5-3(6)1-2-4(7)8/h7-8,11,17-19H,3-6,9-10,12-13H2,1-2H3;1-2H,(H,5,6)(H,7,8)/b;2-1+/t18-;/m0./s1. The maximum absolute atomic E-state index is 9.55. The van der Waals surface area contributed by atoms with E-state index in [4.69, 9.17) is 10.2 Å². The Morgan fingerprint density at radius 2 is 1.71 bits per heavy atom. The summed E-state index contributed by atoms with van der Waals surface area (Å²) in [4.78, 5) is 21.9. The van der Waals surface area contributed by atoms with E-state index < -0.39 is 11.9 Å². The van der Waals surface area contributed by atoms with Gasteiger partial charge >= 0.3 is 11.9 Å². The van der Waals surface area contributed by atoms with Crippen molar-refractivity contribution in [3.8, 4) is 0 Å². The minimum absolute atomic E-state index is 0.558. The number of carboxylic acids is 2. The van der Waals surface area contributed by atoms with Gasteiger partial charge in [-0.25, -0.2) is 9.59 Å². The van der Waals surface area contributed by atoms with E-state index in [0.29, 0.717) is 12.2 Å². The highest BCUT2D eigenvalue weighted by atomic mass is 16.4. The Morgan fingerprint density at radius 1 is 1.07 bits per heavy atom. The molecule has 28 heavy (non-hydrogen) atoms. The predicted octanol–water partition coefficient (Wildman–Crippen LogP) is 3.12. The third-order valence-corrected chi connectivity index (χ3v) is 5.52. The number of carbonyl (C=O) groups is 2. The summed E-state index contributed by atoms with van der Waals surface area (Å²) in [7, 11) is 0. The van der Waals surface area contributed by atoms with Crippen molar-refractivity contribution in [3.63, 3.8) is 0 Å². The van der Waals surface area contributed by atoms with Gasteiger partial charge in [0.15, 0.2) is 0 Å². The molecular formula is C22H32N2O4. The van der Waals surface area contributed by atoms with Gasteiger partial charge in [0, 0.05) is 37.3 Å². The molecule has 154 valence electrons. The third kappa shape index (κ3) is 7.09. The van der Waals surface area contributed by atoms with Crippen LogP contribution in [0.4, 0.5) is 0 Å². The lowest BCUT2D eigenvalue weighted by molar-refractivity contribution is -0.134. The molecule has 3 rings (SSSR count). The molecule has 1 saturated heterocycles. The molecule has 1 heterocycles. The summed E-state index contributed by atoms with van der Waals surface area (Å²) in [6.07, 6.45) is 8.09. The van der Waals surface area contributed by atoms with E-state index >= 15 is 0 Å². The molecule has 1 atom stereocenters. The van der Waals surface area contributed by atoms with Crippen LogP contribution in [0.5, 0.6) is 0 Å². The lowest BCUT2D eigenvalue weighted by Gasteiger charge is -2.34. The molecule has 0 unspecified atom stereocenters. The van der Waals surface area contributed by atoms with E-state index in [-0.39, 0.29) is 0 Å².